The zero-order chi connectivity index (χ0) is 12.7. The fraction of sp³-hybridized carbons (Fsp3) is 0.417. The van der Waals surface area contributed by atoms with Gasteiger partial charge < -0.3 is 15.4 Å². The molecule has 5 heteroatoms. The van der Waals surface area contributed by atoms with E-state index >= 15 is 0 Å². The van der Waals surface area contributed by atoms with Crippen LogP contribution >= 0.6 is 0 Å². The molecule has 0 aliphatic carbocycles. The Kier molecular flexibility index (Phi) is 5.42. The molecule has 0 spiro atoms. The standard InChI is InChI=1S/C12H17FN2O2/c1-9(8-17-2)15-12(16)7-14-11-5-3-4-10(13)6-11/h3-6,9,14H,7-8H2,1-2H3,(H,15,16). The number of carbonyl (C=O) groups excluding carboxylic acids is 1. The van der Waals surface area contributed by atoms with Crippen LogP contribution in [0.25, 0.3) is 0 Å². The van der Waals surface area contributed by atoms with Gasteiger partial charge in [-0.25, -0.2) is 4.39 Å². The molecule has 94 valence electrons. The molecule has 17 heavy (non-hydrogen) atoms. The summed E-state index contributed by atoms with van der Waals surface area (Å²) in [4.78, 5) is 11.5. The molecule has 0 aromatic heterocycles. The summed E-state index contributed by atoms with van der Waals surface area (Å²) in [7, 11) is 1.58. The lowest BCUT2D eigenvalue weighted by Gasteiger charge is -2.13. The number of carbonyl (C=O) groups is 1. The highest BCUT2D eigenvalue weighted by Crippen LogP contribution is 2.08. The molecule has 1 aromatic carbocycles. The van der Waals surface area contributed by atoms with Crippen molar-refractivity contribution >= 4 is 11.6 Å². The fourth-order valence-electron chi connectivity index (χ4n) is 1.40. The van der Waals surface area contributed by atoms with E-state index in [0.717, 1.165) is 0 Å². The van der Waals surface area contributed by atoms with E-state index in [1.165, 1.54) is 12.1 Å². The van der Waals surface area contributed by atoms with Crippen molar-refractivity contribution in [2.75, 3.05) is 25.6 Å². The molecule has 0 bridgehead atoms. The van der Waals surface area contributed by atoms with Gasteiger partial charge in [0.05, 0.1) is 13.2 Å². The zero-order valence-corrected chi connectivity index (χ0v) is 10.00. The van der Waals surface area contributed by atoms with Gasteiger partial charge in [0.25, 0.3) is 0 Å². The number of methoxy groups -OCH3 is 1. The van der Waals surface area contributed by atoms with Crippen molar-refractivity contribution in [3.05, 3.63) is 30.1 Å². The molecular formula is C12H17FN2O2. The highest BCUT2D eigenvalue weighted by atomic mass is 19.1. The van der Waals surface area contributed by atoms with E-state index in [0.29, 0.717) is 12.3 Å². The molecule has 4 nitrogen and oxygen atoms in total. The number of nitrogens with one attached hydrogen (secondary N) is 2. The minimum absolute atomic E-state index is 0.0400. The largest absolute Gasteiger partial charge is 0.383 e. The molecule has 1 amide bonds. The van der Waals surface area contributed by atoms with Crippen LogP contribution in [0.5, 0.6) is 0 Å². The van der Waals surface area contributed by atoms with Crippen molar-refractivity contribution in [2.45, 2.75) is 13.0 Å². The third-order valence-corrected chi connectivity index (χ3v) is 2.10. The number of benzene rings is 1. The van der Waals surface area contributed by atoms with E-state index in [1.807, 2.05) is 6.92 Å². The lowest BCUT2D eigenvalue weighted by Crippen LogP contribution is -2.39. The third-order valence-electron chi connectivity index (χ3n) is 2.10. The molecule has 1 rings (SSSR count). The lowest BCUT2D eigenvalue weighted by molar-refractivity contribution is -0.120. The third kappa shape index (κ3) is 5.31. The maximum absolute atomic E-state index is 12.8. The van der Waals surface area contributed by atoms with Gasteiger partial charge in [0.1, 0.15) is 5.82 Å². The Labute approximate surface area is 100 Å². The Morgan fingerprint density at radius 1 is 1.53 bits per heavy atom. The number of amides is 1. The molecule has 1 atom stereocenters. The number of halogens is 1. The van der Waals surface area contributed by atoms with Crippen LogP contribution in [0, 0.1) is 5.82 Å². The van der Waals surface area contributed by atoms with E-state index in [9.17, 15) is 9.18 Å². The molecule has 0 heterocycles. The number of anilines is 1. The molecule has 0 aliphatic rings. The van der Waals surface area contributed by atoms with Crippen LogP contribution in [0.1, 0.15) is 6.92 Å². The number of rotatable bonds is 6. The maximum atomic E-state index is 12.8. The van der Waals surface area contributed by atoms with Crippen molar-refractivity contribution in [3.8, 4) is 0 Å². The van der Waals surface area contributed by atoms with Crippen LogP contribution in [-0.4, -0.2) is 32.2 Å². The van der Waals surface area contributed by atoms with E-state index < -0.39 is 0 Å². The summed E-state index contributed by atoms with van der Waals surface area (Å²) in [6.45, 7) is 2.42. The average molecular weight is 240 g/mol. The summed E-state index contributed by atoms with van der Waals surface area (Å²) >= 11 is 0. The highest BCUT2D eigenvalue weighted by Gasteiger charge is 2.06. The van der Waals surface area contributed by atoms with Crippen molar-refractivity contribution in [2.24, 2.45) is 0 Å². The number of ether oxygens (including phenoxy) is 1. The van der Waals surface area contributed by atoms with Gasteiger partial charge >= 0.3 is 0 Å². The van der Waals surface area contributed by atoms with Gasteiger partial charge in [-0.1, -0.05) is 6.07 Å². The minimum atomic E-state index is -0.330. The summed E-state index contributed by atoms with van der Waals surface area (Å²) in [5.41, 5.74) is 0.583. The lowest BCUT2D eigenvalue weighted by atomic mass is 10.3. The monoisotopic (exact) mass is 240 g/mol. The SMILES string of the molecule is COCC(C)NC(=O)CNc1cccc(F)c1. The van der Waals surface area contributed by atoms with Gasteiger partial charge in [-0.2, -0.15) is 0 Å². The van der Waals surface area contributed by atoms with Crippen LogP contribution in [0.15, 0.2) is 24.3 Å². The topological polar surface area (TPSA) is 50.4 Å². The Balaban J connectivity index is 2.33. The summed E-state index contributed by atoms with van der Waals surface area (Å²) in [5, 5.41) is 5.59. The van der Waals surface area contributed by atoms with Crippen LogP contribution in [-0.2, 0) is 9.53 Å². The Morgan fingerprint density at radius 3 is 2.94 bits per heavy atom. The first-order valence-electron chi connectivity index (χ1n) is 5.39. The molecule has 0 aliphatic heterocycles. The Hall–Kier alpha value is -1.62. The highest BCUT2D eigenvalue weighted by molar-refractivity contribution is 5.80. The number of hydrogen-bond donors (Lipinski definition) is 2. The molecule has 0 saturated heterocycles. The predicted molar refractivity (Wildman–Crippen MR) is 64.4 cm³/mol. The van der Waals surface area contributed by atoms with Gasteiger partial charge in [0, 0.05) is 18.8 Å². The fourth-order valence-corrected chi connectivity index (χ4v) is 1.40. The first kappa shape index (κ1) is 13.4. The maximum Gasteiger partial charge on any atom is 0.239 e. The molecule has 0 saturated carbocycles. The van der Waals surface area contributed by atoms with Gasteiger partial charge in [0.2, 0.25) is 5.91 Å². The smallest absolute Gasteiger partial charge is 0.239 e. The molecule has 0 radical (unpaired) electrons. The summed E-state index contributed by atoms with van der Waals surface area (Å²) < 4.78 is 17.7. The van der Waals surface area contributed by atoms with E-state index in [-0.39, 0.29) is 24.3 Å². The molecule has 0 fully saturated rings. The second-order valence-corrected chi connectivity index (χ2v) is 3.79. The first-order valence-corrected chi connectivity index (χ1v) is 5.39. The Bertz CT molecular complexity index is 371. The predicted octanol–water partition coefficient (Wildman–Crippen LogP) is 1.39. The van der Waals surface area contributed by atoms with Crippen molar-refractivity contribution < 1.29 is 13.9 Å². The molecular weight excluding hydrogens is 223 g/mol. The van der Waals surface area contributed by atoms with Gasteiger partial charge in [-0.3, -0.25) is 4.79 Å². The normalized spacial score (nSPS) is 11.9. The van der Waals surface area contributed by atoms with Gasteiger partial charge in [-0.15, -0.1) is 0 Å². The molecule has 1 unspecified atom stereocenters. The summed E-state index contributed by atoms with van der Waals surface area (Å²) in [6.07, 6.45) is 0. The molecule has 1 aromatic rings. The van der Waals surface area contributed by atoms with Crippen molar-refractivity contribution in [3.63, 3.8) is 0 Å². The Morgan fingerprint density at radius 2 is 2.29 bits per heavy atom. The first-order chi connectivity index (χ1) is 8.11. The minimum Gasteiger partial charge on any atom is -0.383 e. The van der Waals surface area contributed by atoms with Crippen molar-refractivity contribution in [1.29, 1.82) is 0 Å². The van der Waals surface area contributed by atoms with Crippen molar-refractivity contribution in [1.82, 2.24) is 5.32 Å². The quantitative estimate of drug-likeness (QED) is 0.790. The van der Waals surface area contributed by atoms with Crippen LogP contribution < -0.4 is 10.6 Å². The molecule has 2 N–H and O–H groups in total. The van der Waals surface area contributed by atoms with Crippen LogP contribution in [0.2, 0.25) is 0 Å². The van der Waals surface area contributed by atoms with Crippen LogP contribution in [0.4, 0.5) is 10.1 Å². The van der Waals surface area contributed by atoms with E-state index in [4.69, 9.17) is 4.74 Å². The second kappa shape index (κ2) is 6.85. The number of hydrogen-bond acceptors (Lipinski definition) is 3. The summed E-state index contributed by atoms with van der Waals surface area (Å²) in [6, 6.07) is 5.94. The van der Waals surface area contributed by atoms with E-state index in [2.05, 4.69) is 10.6 Å². The van der Waals surface area contributed by atoms with E-state index in [1.54, 1.807) is 19.2 Å². The summed E-state index contributed by atoms with van der Waals surface area (Å²) in [5.74, 6) is -0.484. The van der Waals surface area contributed by atoms with Gasteiger partial charge in [-0.05, 0) is 25.1 Å². The van der Waals surface area contributed by atoms with Crippen LogP contribution in [0.3, 0.4) is 0 Å². The second-order valence-electron chi connectivity index (χ2n) is 3.79. The zero-order valence-electron chi connectivity index (χ0n) is 10.00. The van der Waals surface area contributed by atoms with Gasteiger partial charge in [0.15, 0.2) is 0 Å². The average Bonchev–Trinajstić information content (AvgIpc) is 2.27.